The van der Waals surface area contributed by atoms with Gasteiger partial charge in [-0.3, -0.25) is 0 Å². The minimum absolute atomic E-state index is 0.596. The summed E-state index contributed by atoms with van der Waals surface area (Å²) < 4.78 is 0. The van der Waals surface area contributed by atoms with Crippen molar-refractivity contribution in [3.8, 4) is 0 Å². The van der Waals surface area contributed by atoms with E-state index < -0.39 is 0 Å². The van der Waals surface area contributed by atoms with Gasteiger partial charge in [0, 0.05) is 18.9 Å². The molecule has 1 aromatic rings. The minimum Gasteiger partial charge on any atom is -0.362 e. The second kappa shape index (κ2) is 5.59. The first-order chi connectivity index (χ1) is 6.68. The van der Waals surface area contributed by atoms with Gasteiger partial charge in [0.2, 0.25) is 0 Å². The highest BCUT2D eigenvalue weighted by molar-refractivity contribution is 7.80. The van der Waals surface area contributed by atoms with E-state index in [2.05, 4.69) is 34.4 Å². The number of imidazole rings is 1. The second-order valence-electron chi connectivity index (χ2n) is 3.49. The second-order valence-corrected chi connectivity index (χ2v) is 3.90. The van der Waals surface area contributed by atoms with E-state index in [0.29, 0.717) is 17.6 Å². The van der Waals surface area contributed by atoms with E-state index in [1.165, 1.54) is 0 Å². The van der Waals surface area contributed by atoms with Crippen LogP contribution in [0, 0.1) is 5.92 Å². The fourth-order valence-electron chi connectivity index (χ4n) is 0.918. The van der Waals surface area contributed by atoms with Gasteiger partial charge in [0.05, 0.1) is 6.54 Å². The third-order valence-corrected chi connectivity index (χ3v) is 1.93. The van der Waals surface area contributed by atoms with Crippen molar-refractivity contribution in [2.24, 2.45) is 5.92 Å². The molecule has 1 aromatic heterocycles. The molecular weight excluding hydrogens is 196 g/mol. The standard InChI is InChI=1S/C9H16N4S/c1-7(2)5-12-9(14)13-6-8-10-3-4-11-8/h3-4,7H,5-6H2,1-2H3,(H,10,11)(H2,12,13,14). The highest BCUT2D eigenvalue weighted by atomic mass is 32.1. The highest BCUT2D eigenvalue weighted by Gasteiger charge is 1.98. The Morgan fingerprint density at radius 1 is 1.57 bits per heavy atom. The van der Waals surface area contributed by atoms with E-state index in [1.807, 2.05) is 0 Å². The van der Waals surface area contributed by atoms with Crippen LogP contribution in [0.25, 0.3) is 0 Å². The highest BCUT2D eigenvalue weighted by Crippen LogP contribution is 1.88. The normalized spacial score (nSPS) is 10.2. The Hall–Kier alpha value is -1.10. The summed E-state index contributed by atoms with van der Waals surface area (Å²) in [5.74, 6) is 1.48. The Bertz CT molecular complexity index is 268. The topological polar surface area (TPSA) is 52.7 Å². The zero-order valence-electron chi connectivity index (χ0n) is 8.50. The van der Waals surface area contributed by atoms with Crippen LogP contribution < -0.4 is 10.6 Å². The first-order valence-corrected chi connectivity index (χ1v) is 5.09. The third-order valence-electron chi connectivity index (χ3n) is 1.64. The van der Waals surface area contributed by atoms with Crippen molar-refractivity contribution in [2.45, 2.75) is 20.4 Å². The summed E-state index contributed by atoms with van der Waals surface area (Å²) >= 11 is 5.08. The molecular formula is C9H16N4S. The van der Waals surface area contributed by atoms with Crippen LogP contribution >= 0.6 is 12.2 Å². The molecule has 4 nitrogen and oxygen atoms in total. The van der Waals surface area contributed by atoms with Crippen LogP contribution in [-0.2, 0) is 6.54 Å². The van der Waals surface area contributed by atoms with E-state index in [4.69, 9.17) is 12.2 Å². The van der Waals surface area contributed by atoms with Crippen molar-refractivity contribution in [1.82, 2.24) is 20.6 Å². The van der Waals surface area contributed by atoms with Crippen molar-refractivity contribution < 1.29 is 0 Å². The largest absolute Gasteiger partial charge is 0.362 e. The number of aromatic amines is 1. The van der Waals surface area contributed by atoms with Gasteiger partial charge in [-0.25, -0.2) is 4.98 Å². The molecule has 0 aliphatic rings. The summed E-state index contributed by atoms with van der Waals surface area (Å²) in [5, 5.41) is 6.87. The maximum absolute atomic E-state index is 5.08. The first-order valence-electron chi connectivity index (χ1n) is 4.68. The van der Waals surface area contributed by atoms with E-state index >= 15 is 0 Å². The third kappa shape index (κ3) is 4.23. The molecule has 0 atom stereocenters. The Kier molecular flexibility index (Phi) is 4.39. The number of hydrogen-bond acceptors (Lipinski definition) is 2. The molecule has 0 spiro atoms. The van der Waals surface area contributed by atoms with Gasteiger partial charge in [0.25, 0.3) is 0 Å². The molecule has 1 rings (SSSR count). The molecule has 0 aromatic carbocycles. The number of rotatable bonds is 4. The molecule has 0 aliphatic carbocycles. The SMILES string of the molecule is CC(C)CNC(=S)NCc1ncc[nH]1. The predicted octanol–water partition coefficient (Wildman–Crippen LogP) is 1.03. The van der Waals surface area contributed by atoms with Crippen LogP contribution in [-0.4, -0.2) is 21.6 Å². The number of nitrogens with one attached hydrogen (secondary N) is 3. The number of nitrogens with zero attached hydrogens (tertiary/aromatic N) is 1. The molecule has 1 heterocycles. The molecule has 0 saturated heterocycles. The van der Waals surface area contributed by atoms with Crippen molar-refractivity contribution in [1.29, 1.82) is 0 Å². The van der Waals surface area contributed by atoms with Gasteiger partial charge in [0.15, 0.2) is 5.11 Å². The summed E-state index contributed by atoms with van der Waals surface area (Å²) in [6.45, 7) is 5.81. The summed E-state index contributed by atoms with van der Waals surface area (Å²) in [7, 11) is 0. The Morgan fingerprint density at radius 2 is 2.36 bits per heavy atom. The van der Waals surface area contributed by atoms with Gasteiger partial charge in [0.1, 0.15) is 5.82 Å². The number of hydrogen-bond donors (Lipinski definition) is 3. The molecule has 0 fully saturated rings. The van der Waals surface area contributed by atoms with Gasteiger partial charge in [-0.1, -0.05) is 13.8 Å². The monoisotopic (exact) mass is 212 g/mol. The lowest BCUT2D eigenvalue weighted by Crippen LogP contribution is -2.36. The molecule has 0 radical (unpaired) electrons. The fraction of sp³-hybridized carbons (Fsp3) is 0.556. The molecule has 0 aliphatic heterocycles. The smallest absolute Gasteiger partial charge is 0.166 e. The van der Waals surface area contributed by atoms with Crippen LogP contribution in [0.2, 0.25) is 0 Å². The van der Waals surface area contributed by atoms with Crippen LogP contribution in [0.1, 0.15) is 19.7 Å². The van der Waals surface area contributed by atoms with Crippen molar-refractivity contribution >= 4 is 17.3 Å². The molecule has 0 saturated carbocycles. The number of H-pyrrole nitrogens is 1. The van der Waals surface area contributed by atoms with E-state index in [0.717, 1.165) is 12.4 Å². The van der Waals surface area contributed by atoms with Crippen molar-refractivity contribution in [3.63, 3.8) is 0 Å². The van der Waals surface area contributed by atoms with Gasteiger partial charge in [-0.15, -0.1) is 0 Å². The number of aromatic nitrogens is 2. The molecule has 0 unspecified atom stereocenters. The van der Waals surface area contributed by atoms with E-state index in [9.17, 15) is 0 Å². The molecule has 5 heteroatoms. The minimum atomic E-state index is 0.596. The molecule has 3 N–H and O–H groups in total. The zero-order chi connectivity index (χ0) is 10.4. The van der Waals surface area contributed by atoms with Crippen LogP contribution in [0.5, 0.6) is 0 Å². The summed E-state index contributed by atoms with van der Waals surface area (Å²) in [5.41, 5.74) is 0. The quantitative estimate of drug-likeness (QED) is 0.653. The average molecular weight is 212 g/mol. The van der Waals surface area contributed by atoms with Crippen molar-refractivity contribution in [3.05, 3.63) is 18.2 Å². The summed E-state index contributed by atoms with van der Waals surface area (Å²) in [4.78, 5) is 7.07. The Balaban J connectivity index is 2.15. The fourth-order valence-corrected chi connectivity index (χ4v) is 1.07. The van der Waals surface area contributed by atoms with Gasteiger partial charge < -0.3 is 15.6 Å². The summed E-state index contributed by atoms with van der Waals surface area (Å²) in [6.07, 6.45) is 3.52. The number of thiocarbonyl (C=S) groups is 1. The van der Waals surface area contributed by atoms with Crippen molar-refractivity contribution in [2.75, 3.05) is 6.54 Å². The van der Waals surface area contributed by atoms with Gasteiger partial charge in [-0.2, -0.15) is 0 Å². The lowest BCUT2D eigenvalue weighted by molar-refractivity contribution is 0.618. The van der Waals surface area contributed by atoms with Crippen LogP contribution in [0.4, 0.5) is 0 Å². The average Bonchev–Trinajstić information content (AvgIpc) is 2.63. The Morgan fingerprint density at radius 3 is 2.93 bits per heavy atom. The molecule has 0 amide bonds. The van der Waals surface area contributed by atoms with Gasteiger partial charge >= 0.3 is 0 Å². The summed E-state index contributed by atoms with van der Waals surface area (Å²) in [6, 6.07) is 0. The van der Waals surface area contributed by atoms with Gasteiger partial charge in [-0.05, 0) is 18.1 Å². The zero-order valence-corrected chi connectivity index (χ0v) is 9.32. The molecule has 0 bridgehead atoms. The molecule has 14 heavy (non-hydrogen) atoms. The predicted molar refractivity (Wildman–Crippen MR) is 60.9 cm³/mol. The maximum atomic E-state index is 5.08. The molecule has 78 valence electrons. The van der Waals surface area contributed by atoms with E-state index in [-0.39, 0.29) is 0 Å². The first kappa shape index (κ1) is 11.0. The maximum Gasteiger partial charge on any atom is 0.166 e. The van der Waals surface area contributed by atoms with Crippen LogP contribution in [0.3, 0.4) is 0 Å². The Labute approximate surface area is 89.5 Å². The van der Waals surface area contributed by atoms with Crippen LogP contribution in [0.15, 0.2) is 12.4 Å². The van der Waals surface area contributed by atoms with E-state index in [1.54, 1.807) is 12.4 Å². The lowest BCUT2D eigenvalue weighted by Gasteiger charge is -2.10. The lowest BCUT2D eigenvalue weighted by atomic mass is 10.2.